The Labute approximate surface area is 146 Å². The van der Waals surface area contributed by atoms with Crippen molar-refractivity contribution in [3.8, 4) is 22.8 Å². The molecule has 0 amide bonds. The van der Waals surface area contributed by atoms with E-state index in [1.54, 1.807) is 0 Å². The molecule has 6 heteroatoms. The summed E-state index contributed by atoms with van der Waals surface area (Å²) in [4.78, 5) is 13.5. The van der Waals surface area contributed by atoms with Crippen LogP contribution in [0.15, 0.2) is 30.3 Å². The van der Waals surface area contributed by atoms with Crippen LogP contribution in [0.3, 0.4) is 0 Å². The highest BCUT2D eigenvalue weighted by Gasteiger charge is 2.14. The fraction of sp³-hybridized carbons (Fsp3) is 0.316. The normalized spacial score (nSPS) is 13.6. The van der Waals surface area contributed by atoms with Gasteiger partial charge in [-0.3, -0.25) is 0 Å². The van der Waals surface area contributed by atoms with E-state index < -0.39 is 0 Å². The van der Waals surface area contributed by atoms with Gasteiger partial charge in [0.25, 0.3) is 0 Å². The molecule has 0 bridgehead atoms. The van der Waals surface area contributed by atoms with Crippen LogP contribution in [0.2, 0.25) is 0 Å². The van der Waals surface area contributed by atoms with Crippen molar-refractivity contribution in [2.75, 3.05) is 18.9 Å². The minimum Gasteiger partial charge on any atom is -0.490 e. The second-order valence-electron chi connectivity index (χ2n) is 6.05. The van der Waals surface area contributed by atoms with Crippen LogP contribution in [0.4, 0.5) is 5.95 Å². The average molecular weight is 336 g/mol. The highest BCUT2D eigenvalue weighted by atomic mass is 16.5. The molecule has 2 aromatic heterocycles. The summed E-state index contributed by atoms with van der Waals surface area (Å²) in [5, 5.41) is 0. The number of anilines is 1. The van der Waals surface area contributed by atoms with Gasteiger partial charge in [-0.25, -0.2) is 15.0 Å². The van der Waals surface area contributed by atoms with Crippen LogP contribution in [0.1, 0.15) is 25.5 Å². The van der Waals surface area contributed by atoms with Gasteiger partial charge in [-0.05, 0) is 36.8 Å². The maximum absolute atomic E-state index is 5.81. The van der Waals surface area contributed by atoms with Gasteiger partial charge >= 0.3 is 0 Å². The summed E-state index contributed by atoms with van der Waals surface area (Å²) in [7, 11) is 0. The van der Waals surface area contributed by atoms with Gasteiger partial charge in [-0.15, -0.1) is 0 Å². The monoisotopic (exact) mass is 336 g/mol. The van der Waals surface area contributed by atoms with Gasteiger partial charge in [0.1, 0.15) is 5.52 Å². The Morgan fingerprint density at radius 2 is 1.84 bits per heavy atom. The molecule has 4 rings (SSSR count). The maximum Gasteiger partial charge on any atom is 0.220 e. The summed E-state index contributed by atoms with van der Waals surface area (Å²) in [6, 6.07) is 9.81. The Bertz CT molecular complexity index is 927. The number of ether oxygens (including phenoxy) is 2. The lowest BCUT2D eigenvalue weighted by molar-refractivity contribution is 0.297. The predicted molar refractivity (Wildman–Crippen MR) is 96.8 cm³/mol. The van der Waals surface area contributed by atoms with Gasteiger partial charge in [0.05, 0.1) is 30.1 Å². The van der Waals surface area contributed by atoms with Crippen LogP contribution < -0.4 is 15.2 Å². The van der Waals surface area contributed by atoms with Gasteiger partial charge in [0.15, 0.2) is 11.5 Å². The Kier molecular flexibility index (Phi) is 4.09. The third-order valence-corrected chi connectivity index (χ3v) is 4.16. The molecule has 0 unspecified atom stereocenters. The number of nitrogen functional groups attached to an aromatic ring is 1. The van der Waals surface area contributed by atoms with Gasteiger partial charge in [-0.2, -0.15) is 0 Å². The van der Waals surface area contributed by atoms with Crippen molar-refractivity contribution >= 4 is 17.0 Å². The summed E-state index contributed by atoms with van der Waals surface area (Å²) in [6.45, 7) is 3.45. The van der Waals surface area contributed by atoms with E-state index in [4.69, 9.17) is 20.2 Å². The van der Waals surface area contributed by atoms with E-state index >= 15 is 0 Å². The Morgan fingerprint density at radius 1 is 1.00 bits per heavy atom. The van der Waals surface area contributed by atoms with Gasteiger partial charge in [0, 0.05) is 12.0 Å². The highest BCUT2D eigenvalue weighted by molar-refractivity contribution is 5.81. The SMILES string of the molecule is CCCc1nc(N)nc2ccc(-c3ccc4c(c3)OCCCO4)nc12. The van der Waals surface area contributed by atoms with E-state index in [2.05, 4.69) is 16.9 Å². The number of aryl methyl sites for hydroxylation is 1. The smallest absolute Gasteiger partial charge is 0.220 e. The molecular formula is C19H20N4O2. The fourth-order valence-electron chi connectivity index (χ4n) is 2.99. The second kappa shape index (κ2) is 6.55. The first-order valence-corrected chi connectivity index (χ1v) is 8.58. The third-order valence-electron chi connectivity index (χ3n) is 4.16. The molecule has 25 heavy (non-hydrogen) atoms. The van der Waals surface area contributed by atoms with Crippen molar-refractivity contribution in [1.29, 1.82) is 0 Å². The van der Waals surface area contributed by atoms with E-state index in [0.717, 1.165) is 58.7 Å². The summed E-state index contributed by atoms with van der Waals surface area (Å²) in [5.74, 6) is 1.84. The molecule has 2 N–H and O–H groups in total. The van der Waals surface area contributed by atoms with E-state index in [1.807, 2.05) is 30.3 Å². The molecule has 0 atom stereocenters. The molecular weight excluding hydrogens is 316 g/mol. The number of nitrogens with two attached hydrogens (primary N) is 1. The van der Waals surface area contributed by atoms with Crippen molar-refractivity contribution in [3.63, 3.8) is 0 Å². The van der Waals surface area contributed by atoms with Gasteiger partial charge in [0.2, 0.25) is 5.95 Å². The largest absolute Gasteiger partial charge is 0.490 e. The maximum atomic E-state index is 5.81. The third kappa shape index (κ3) is 3.07. The Balaban J connectivity index is 1.80. The van der Waals surface area contributed by atoms with Crippen molar-refractivity contribution in [2.24, 2.45) is 0 Å². The van der Waals surface area contributed by atoms with Crippen LogP contribution in [-0.2, 0) is 6.42 Å². The Morgan fingerprint density at radius 3 is 2.68 bits per heavy atom. The number of aromatic nitrogens is 3. The molecule has 1 aliphatic rings. The van der Waals surface area contributed by atoms with E-state index in [9.17, 15) is 0 Å². The fourth-order valence-corrected chi connectivity index (χ4v) is 2.99. The summed E-state index contributed by atoms with van der Waals surface area (Å²) < 4.78 is 11.5. The molecule has 0 saturated heterocycles. The number of pyridine rings is 1. The first-order valence-electron chi connectivity index (χ1n) is 8.58. The number of rotatable bonds is 3. The van der Waals surface area contributed by atoms with E-state index in [1.165, 1.54) is 0 Å². The quantitative estimate of drug-likeness (QED) is 0.789. The molecule has 0 saturated carbocycles. The average Bonchev–Trinajstić information content (AvgIpc) is 2.86. The minimum atomic E-state index is 0.293. The van der Waals surface area contributed by atoms with Crippen LogP contribution in [0.5, 0.6) is 11.5 Å². The first-order chi connectivity index (χ1) is 12.2. The van der Waals surface area contributed by atoms with Gasteiger partial charge in [-0.1, -0.05) is 13.3 Å². The topological polar surface area (TPSA) is 83.2 Å². The molecule has 0 spiro atoms. The molecule has 0 radical (unpaired) electrons. The van der Waals surface area contributed by atoms with E-state index in [-0.39, 0.29) is 0 Å². The molecule has 1 aliphatic heterocycles. The van der Waals surface area contributed by atoms with Crippen LogP contribution in [-0.4, -0.2) is 28.2 Å². The number of hydrogen-bond donors (Lipinski definition) is 1. The lowest BCUT2D eigenvalue weighted by atomic mass is 10.1. The first kappa shape index (κ1) is 15.6. The zero-order chi connectivity index (χ0) is 17.2. The van der Waals surface area contributed by atoms with Crippen molar-refractivity contribution < 1.29 is 9.47 Å². The van der Waals surface area contributed by atoms with Crippen molar-refractivity contribution in [2.45, 2.75) is 26.2 Å². The standard InChI is InChI=1S/C19H20N4O2/c1-2-4-14-18-15(23-19(20)22-14)7-6-13(21-18)12-5-8-16-17(11-12)25-10-3-9-24-16/h5-8,11H,2-4,9-10H2,1H3,(H2,20,22,23). The molecule has 3 heterocycles. The molecule has 3 aromatic rings. The highest BCUT2D eigenvalue weighted by Crippen LogP contribution is 2.34. The minimum absolute atomic E-state index is 0.293. The molecule has 1 aromatic carbocycles. The summed E-state index contributed by atoms with van der Waals surface area (Å²) in [6.07, 6.45) is 2.68. The molecule has 0 aliphatic carbocycles. The Hall–Kier alpha value is -2.89. The lowest BCUT2D eigenvalue weighted by Gasteiger charge is -2.10. The number of hydrogen-bond acceptors (Lipinski definition) is 6. The van der Waals surface area contributed by atoms with Crippen LogP contribution in [0.25, 0.3) is 22.3 Å². The van der Waals surface area contributed by atoms with Gasteiger partial charge < -0.3 is 15.2 Å². The number of benzene rings is 1. The molecule has 0 fully saturated rings. The van der Waals surface area contributed by atoms with E-state index in [0.29, 0.717) is 19.2 Å². The lowest BCUT2D eigenvalue weighted by Crippen LogP contribution is -2.02. The molecule has 6 nitrogen and oxygen atoms in total. The summed E-state index contributed by atoms with van der Waals surface area (Å²) in [5.41, 5.74) is 10.1. The second-order valence-corrected chi connectivity index (χ2v) is 6.05. The number of nitrogens with zero attached hydrogens (tertiary/aromatic N) is 3. The van der Waals surface area contributed by atoms with Crippen molar-refractivity contribution in [1.82, 2.24) is 15.0 Å². The van der Waals surface area contributed by atoms with Crippen LogP contribution >= 0.6 is 0 Å². The number of fused-ring (bicyclic) bond motifs is 2. The summed E-state index contributed by atoms with van der Waals surface area (Å²) >= 11 is 0. The predicted octanol–water partition coefficient (Wildman–Crippen LogP) is 3.39. The zero-order valence-electron chi connectivity index (χ0n) is 14.2. The zero-order valence-corrected chi connectivity index (χ0v) is 14.2. The van der Waals surface area contributed by atoms with Crippen LogP contribution in [0, 0.1) is 0 Å². The van der Waals surface area contributed by atoms with Crippen molar-refractivity contribution in [3.05, 3.63) is 36.0 Å². The molecule has 128 valence electrons.